The van der Waals surface area contributed by atoms with Crippen LogP contribution in [0.4, 0.5) is 0 Å². The monoisotopic (exact) mass is 346 g/mol. The van der Waals surface area contributed by atoms with Crippen LogP contribution in [-0.2, 0) is 7.05 Å². The van der Waals surface area contributed by atoms with E-state index in [0.29, 0.717) is 22.7 Å². The molecule has 1 atom stereocenters. The van der Waals surface area contributed by atoms with Crippen molar-refractivity contribution in [2.45, 2.75) is 6.04 Å². The Balaban J connectivity index is 1.97. The number of nitrogens with zero attached hydrogens (tertiary/aromatic N) is 3. The van der Waals surface area contributed by atoms with Gasteiger partial charge in [-0.15, -0.1) is 0 Å². The molecule has 0 fully saturated rings. The van der Waals surface area contributed by atoms with Gasteiger partial charge in [0.15, 0.2) is 0 Å². The van der Waals surface area contributed by atoms with Crippen molar-refractivity contribution in [1.29, 1.82) is 5.26 Å². The van der Waals surface area contributed by atoms with E-state index in [-0.39, 0.29) is 5.91 Å². The minimum absolute atomic E-state index is 0.280. The van der Waals surface area contributed by atoms with Gasteiger partial charge in [0, 0.05) is 25.0 Å². The van der Waals surface area contributed by atoms with Crippen LogP contribution in [0.2, 0.25) is 0 Å². The van der Waals surface area contributed by atoms with E-state index in [9.17, 15) is 4.79 Å². The Morgan fingerprint density at radius 2 is 2.08 bits per heavy atom. The Hall–Kier alpha value is -3.59. The van der Waals surface area contributed by atoms with Gasteiger partial charge in [-0.3, -0.25) is 4.79 Å². The summed E-state index contributed by atoms with van der Waals surface area (Å²) in [4.78, 5) is 17.2. The average Bonchev–Trinajstić information content (AvgIpc) is 3.11. The molecule has 1 N–H and O–H groups in total. The van der Waals surface area contributed by atoms with Crippen LogP contribution in [0.3, 0.4) is 0 Å². The number of ether oxygens (including phenoxy) is 1. The molecule has 3 rings (SSSR count). The maximum atomic E-state index is 12.8. The molecular formula is C20H18N4O2. The van der Waals surface area contributed by atoms with Crippen LogP contribution >= 0.6 is 0 Å². The number of imidazole rings is 1. The molecule has 0 spiro atoms. The zero-order chi connectivity index (χ0) is 18.5. The van der Waals surface area contributed by atoms with Gasteiger partial charge in [-0.1, -0.05) is 18.2 Å². The van der Waals surface area contributed by atoms with Crippen molar-refractivity contribution >= 4 is 5.91 Å². The van der Waals surface area contributed by atoms with Gasteiger partial charge in [-0.05, 0) is 35.9 Å². The summed E-state index contributed by atoms with van der Waals surface area (Å²) in [7, 11) is 3.47. The number of carbonyl (C=O) groups excluding carboxylic acids is 1. The molecule has 0 unspecified atom stereocenters. The number of hydrogen-bond donors (Lipinski definition) is 1. The third-order valence-corrected chi connectivity index (χ3v) is 4.07. The Bertz CT molecular complexity index is 972. The quantitative estimate of drug-likeness (QED) is 0.770. The van der Waals surface area contributed by atoms with Gasteiger partial charge in [0.05, 0.1) is 18.7 Å². The van der Waals surface area contributed by atoms with Gasteiger partial charge in [-0.25, -0.2) is 4.98 Å². The smallest absolute Gasteiger partial charge is 0.252 e. The van der Waals surface area contributed by atoms with Gasteiger partial charge < -0.3 is 14.6 Å². The second kappa shape index (κ2) is 7.53. The molecule has 26 heavy (non-hydrogen) atoms. The lowest BCUT2D eigenvalue weighted by molar-refractivity contribution is 0.0941. The zero-order valence-corrected chi connectivity index (χ0v) is 14.5. The second-order valence-corrected chi connectivity index (χ2v) is 5.77. The minimum Gasteiger partial charge on any atom is -0.497 e. The number of aromatic nitrogens is 2. The first-order valence-electron chi connectivity index (χ1n) is 8.04. The van der Waals surface area contributed by atoms with Crippen molar-refractivity contribution in [2.24, 2.45) is 7.05 Å². The van der Waals surface area contributed by atoms with Crippen LogP contribution in [0.1, 0.15) is 33.4 Å². The van der Waals surface area contributed by atoms with Crippen LogP contribution in [0.25, 0.3) is 0 Å². The van der Waals surface area contributed by atoms with E-state index in [4.69, 9.17) is 10.00 Å². The molecule has 0 saturated carbocycles. The molecule has 0 saturated heterocycles. The Morgan fingerprint density at radius 1 is 1.27 bits per heavy atom. The van der Waals surface area contributed by atoms with E-state index in [1.807, 2.05) is 48.1 Å². The van der Waals surface area contributed by atoms with Crippen molar-refractivity contribution in [3.05, 3.63) is 83.4 Å². The fourth-order valence-corrected chi connectivity index (χ4v) is 2.72. The van der Waals surface area contributed by atoms with E-state index in [1.165, 1.54) is 0 Å². The molecule has 0 aliphatic carbocycles. The molecule has 0 bridgehead atoms. The normalized spacial score (nSPS) is 11.4. The highest BCUT2D eigenvalue weighted by Gasteiger charge is 2.22. The zero-order valence-electron chi connectivity index (χ0n) is 14.5. The molecule has 1 amide bonds. The van der Waals surface area contributed by atoms with Crippen molar-refractivity contribution in [3.63, 3.8) is 0 Å². The first-order chi connectivity index (χ1) is 12.6. The molecule has 0 aliphatic heterocycles. The summed E-state index contributed by atoms with van der Waals surface area (Å²) in [5, 5.41) is 12.0. The van der Waals surface area contributed by atoms with E-state index < -0.39 is 6.04 Å². The number of methoxy groups -OCH3 is 1. The molecule has 6 heteroatoms. The lowest BCUT2D eigenvalue weighted by Gasteiger charge is -2.20. The Kier molecular flexibility index (Phi) is 4.99. The standard InChI is InChI=1S/C20H18N4O2/c1-24-10-9-22-19(24)18(15-6-4-8-17(12-15)26-2)23-20(25)16-7-3-5-14(11-16)13-21/h3-12,18H,1-2H3,(H,23,25)/t18-/m1/s1. The fraction of sp³-hybridized carbons (Fsp3) is 0.150. The lowest BCUT2D eigenvalue weighted by Crippen LogP contribution is -2.31. The van der Waals surface area contributed by atoms with Gasteiger partial charge in [0.1, 0.15) is 17.6 Å². The predicted molar refractivity (Wildman–Crippen MR) is 96.7 cm³/mol. The maximum Gasteiger partial charge on any atom is 0.252 e. The van der Waals surface area contributed by atoms with Crippen LogP contribution < -0.4 is 10.1 Å². The van der Waals surface area contributed by atoms with E-state index in [2.05, 4.69) is 10.3 Å². The number of nitrogens with one attached hydrogen (secondary N) is 1. The SMILES string of the molecule is COc1cccc([C@@H](NC(=O)c2cccc(C#N)c2)c2nccn2C)c1. The number of carbonyl (C=O) groups is 1. The van der Waals surface area contributed by atoms with Crippen molar-refractivity contribution < 1.29 is 9.53 Å². The minimum atomic E-state index is -0.455. The number of rotatable bonds is 5. The van der Waals surface area contributed by atoms with Gasteiger partial charge in [0.2, 0.25) is 0 Å². The Morgan fingerprint density at radius 3 is 2.77 bits per heavy atom. The summed E-state index contributed by atoms with van der Waals surface area (Å²) in [5.41, 5.74) is 1.71. The second-order valence-electron chi connectivity index (χ2n) is 5.77. The van der Waals surface area contributed by atoms with Crippen molar-refractivity contribution in [3.8, 4) is 11.8 Å². The third kappa shape index (κ3) is 3.57. The van der Waals surface area contributed by atoms with E-state index in [1.54, 1.807) is 37.6 Å². The summed E-state index contributed by atoms with van der Waals surface area (Å²) in [5.74, 6) is 1.11. The Labute approximate surface area is 151 Å². The summed E-state index contributed by atoms with van der Waals surface area (Å²) >= 11 is 0. The molecule has 1 aromatic heterocycles. The first kappa shape index (κ1) is 17.2. The highest BCUT2D eigenvalue weighted by atomic mass is 16.5. The topological polar surface area (TPSA) is 79.9 Å². The number of nitriles is 1. The first-order valence-corrected chi connectivity index (χ1v) is 8.04. The average molecular weight is 346 g/mol. The van der Waals surface area contributed by atoms with E-state index >= 15 is 0 Å². The molecule has 3 aromatic rings. The predicted octanol–water partition coefficient (Wildman–Crippen LogP) is 2.82. The molecule has 0 radical (unpaired) electrons. The summed E-state index contributed by atoms with van der Waals surface area (Å²) < 4.78 is 7.15. The van der Waals surface area contributed by atoms with Crippen molar-refractivity contribution in [2.75, 3.05) is 7.11 Å². The van der Waals surface area contributed by atoms with E-state index in [0.717, 1.165) is 5.56 Å². The molecule has 0 aliphatic rings. The third-order valence-electron chi connectivity index (χ3n) is 4.07. The molecule has 6 nitrogen and oxygen atoms in total. The number of amides is 1. The van der Waals surface area contributed by atoms with Crippen molar-refractivity contribution in [1.82, 2.24) is 14.9 Å². The fourth-order valence-electron chi connectivity index (χ4n) is 2.72. The highest BCUT2D eigenvalue weighted by molar-refractivity contribution is 5.95. The molecular weight excluding hydrogens is 328 g/mol. The summed E-state index contributed by atoms with van der Waals surface area (Å²) in [6.07, 6.45) is 3.51. The largest absolute Gasteiger partial charge is 0.497 e. The van der Waals surface area contributed by atoms with Crippen LogP contribution in [-0.4, -0.2) is 22.6 Å². The number of hydrogen-bond acceptors (Lipinski definition) is 4. The molecule has 130 valence electrons. The molecule has 2 aromatic carbocycles. The van der Waals surface area contributed by atoms with Gasteiger partial charge in [0.25, 0.3) is 5.91 Å². The molecule has 1 heterocycles. The summed E-state index contributed by atoms with van der Waals surface area (Å²) in [6, 6.07) is 15.7. The van der Waals surface area contributed by atoms with Crippen LogP contribution in [0, 0.1) is 11.3 Å². The van der Waals surface area contributed by atoms with Crippen LogP contribution in [0.15, 0.2) is 60.9 Å². The van der Waals surface area contributed by atoms with Gasteiger partial charge in [-0.2, -0.15) is 5.26 Å². The van der Waals surface area contributed by atoms with Crippen LogP contribution in [0.5, 0.6) is 5.75 Å². The highest BCUT2D eigenvalue weighted by Crippen LogP contribution is 2.24. The summed E-state index contributed by atoms with van der Waals surface area (Å²) in [6.45, 7) is 0. The number of benzene rings is 2. The maximum absolute atomic E-state index is 12.8. The van der Waals surface area contributed by atoms with Gasteiger partial charge >= 0.3 is 0 Å². The lowest BCUT2D eigenvalue weighted by atomic mass is 10.0. The number of aryl methyl sites for hydroxylation is 1.